The second-order valence-corrected chi connectivity index (χ2v) is 6.95. The number of fused-ring (bicyclic) bond motifs is 1. The maximum Gasteiger partial charge on any atom is 0.328 e. The number of carboxylic acids is 1. The maximum atomic E-state index is 12.8. The minimum atomic E-state index is -1.04. The average molecular weight is 337 g/mol. The van der Waals surface area contributed by atoms with Crippen LogP contribution in [0.15, 0.2) is 6.07 Å². The molecule has 2 aromatic heterocycles. The fourth-order valence-electron chi connectivity index (χ4n) is 2.79. The fourth-order valence-corrected chi connectivity index (χ4v) is 3.83. The van der Waals surface area contributed by atoms with Crippen molar-refractivity contribution in [3.05, 3.63) is 16.6 Å². The van der Waals surface area contributed by atoms with Crippen LogP contribution in [-0.2, 0) is 16.6 Å². The van der Waals surface area contributed by atoms with E-state index in [1.54, 1.807) is 4.68 Å². The number of nitrogens with zero attached hydrogens (tertiary/aromatic N) is 3. The Morgan fingerprint density at radius 2 is 2.22 bits per heavy atom. The van der Waals surface area contributed by atoms with Gasteiger partial charge in [-0.05, 0) is 12.0 Å². The van der Waals surface area contributed by atoms with E-state index in [1.165, 1.54) is 16.2 Å². The van der Waals surface area contributed by atoms with Crippen LogP contribution in [0.25, 0.3) is 10.2 Å². The Morgan fingerprint density at radius 1 is 1.48 bits per heavy atom. The topological polar surface area (TPSA) is 84.7 Å². The highest BCUT2D eigenvalue weighted by Crippen LogP contribution is 2.32. The number of carboxylic acid groups (broad SMARTS) is 1. The number of carbonyl (C=O) groups is 2. The number of amides is 1. The van der Waals surface area contributed by atoms with E-state index < -0.39 is 12.0 Å². The summed E-state index contributed by atoms with van der Waals surface area (Å²) in [5.41, 5.74) is 0.953. The first kappa shape index (κ1) is 15.9. The van der Waals surface area contributed by atoms with Gasteiger partial charge in [0.2, 0.25) is 0 Å². The van der Waals surface area contributed by atoms with Gasteiger partial charge in [-0.15, -0.1) is 11.3 Å². The van der Waals surface area contributed by atoms with Gasteiger partial charge in [0.25, 0.3) is 5.91 Å². The molecule has 1 amide bonds. The molecule has 0 saturated carbocycles. The number of hydrogen-bond donors (Lipinski definition) is 1. The average Bonchev–Trinajstić information content (AvgIpc) is 3.07. The molecule has 1 aliphatic rings. The van der Waals surface area contributed by atoms with Crippen molar-refractivity contribution < 1.29 is 19.4 Å². The summed E-state index contributed by atoms with van der Waals surface area (Å²) >= 11 is 1.35. The van der Waals surface area contributed by atoms with Gasteiger partial charge >= 0.3 is 5.97 Å². The summed E-state index contributed by atoms with van der Waals surface area (Å²) in [5, 5.41) is 14.7. The second-order valence-electron chi connectivity index (χ2n) is 5.92. The third-order valence-corrected chi connectivity index (χ3v) is 5.16. The van der Waals surface area contributed by atoms with Crippen LogP contribution in [0.4, 0.5) is 0 Å². The van der Waals surface area contributed by atoms with E-state index in [9.17, 15) is 14.7 Å². The highest BCUT2D eigenvalue weighted by atomic mass is 32.1. The van der Waals surface area contributed by atoms with E-state index in [0.29, 0.717) is 18.0 Å². The Hall–Kier alpha value is -1.93. The highest BCUT2D eigenvalue weighted by Gasteiger charge is 2.34. The molecule has 3 rings (SSSR count). The predicted octanol–water partition coefficient (Wildman–Crippen LogP) is 1.68. The van der Waals surface area contributed by atoms with E-state index in [1.807, 2.05) is 13.1 Å². The molecule has 8 heteroatoms. The molecule has 1 saturated heterocycles. The van der Waals surface area contributed by atoms with Gasteiger partial charge in [-0.25, -0.2) is 4.79 Å². The Kier molecular flexibility index (Phi) is 4.11. The van der Waals surface area contributed by atoms with Crippen LogP contribution in [0.3, 0.4) is 0 Å². The summed E-state index contributed by atoms with van der Waals surface area (Å²) in [5.74, 6) is -1.04. The lowest BCUT2D eigenvalue weighted by Crippen LogP contribution is -2.52. The van der Waals surface area contributed by atoms with Crippen LogP contribution < -0.4 is 0 Å². The number of thiophene rings is 1. The lowest BCUT2D eigenvalue weighted by Gasteiger charge is -2.32. The molecular formula is C15H19N3O4S. The number of rotatable bonds is 3. The van der Waals surface area contributed by atoms with Crippen molar-refractivity contribution in [1.82, 2.24) is 14.7 Å². The van der Waals surface area contributed by atoms with Crippen LogP contribution >= 0.6 is 11.3 Å². The minimum Gasteiger partial charge on any atom is -0.480 e. The van der Waals surface area contributed by atoms with Crippen molar-refractivity contribution in [2.75, 3.05) is 19.8 Å². The molecule has 124 valence electrons. The van der Waals surface area contributed by atoms with Crippen molar-refractivity contribution in [3.8, 4) is 0 Å². The maximum absolute atomic E-state index is 12.8. The number of ether oxygens (including phenoxy) is 1. The summed E-state index contributed by atoms with van der Waals surface area (Å²) in [6.07, 6.45) is 0. The van der Waals surface area contributed by atoms with E-state index in [4.69, 9.17) is 4.74 Å². The lowest BCUT2D eigenvalue weighted by atomic mass is 10.1. The molecule has 2 aromatic rings. The number of carbonyl (C=O) groups excluding carboxylic acids is 1. The molecule has 1 N–H and O–H groups in total. The second kappa shape index (κ2) is 5.93. The molecule has 7 nitrogen and oxygen atoms in total. The first-order valence-corrected chi connectivity index (χ1v) is 8.29. The number of aromatic nitrogens is 2. The van der Waals surface area contributed by atoms with Crippen molar-refractivity contribution in [2.24, 2.45) is 7.05 Å². The van der Waals surface area contributed by atoms with Gasteiger partial charge in [-0.3, -0.25) is 9.48 Å². The Morgan fingerprint density at radius 3 is 2.87 bits per heavy atom. The Labute approximate surface area is 137 Å². The molecule has 0 spiro atoms. The summed E-state index contributed by atoms with van der Waals surface area (Å²) in [6.45, 7) is 4.80. The van der Waals surface area contributed by atoms with E-state index >= 15 is 0 Å². The van der Waals surface area contributed by atoms with E-state index in [0.717, 1.165) is 15.9 Å². The Bertz CT molecular complexity index is 764. The van der Waals surface area contributed by atoms with Crippen LogP contribution in [0.1, 0.15) is 35.1 Å². The predicted molar refractivity (Wildman–Crippen MR) is 86.0 cm³/mol. The van der Waals surface area contributed by atoms with Gasteiger partial charge in [0.05, 0.1) is 23.8 Å². The van der Waals surface area contributed by atoms with Crippen molar-refractivity contribution in [3.63, 3.8) is 0 Å². The van der Waals surface area contributed by atoms with E-state index in [-0.39, 0.29) is 18.4 Å². The smallest absolute Gasteiger partial charge is 0.328 e. The number of morpholine rings is 1. The lowest BCUT2D eigenvalue weighted by molar-refractivity contribution is -0.147. The highest BCUT2D eigenvalue weighted by molar-refractivity contribution is 7.20. The molecule has 0 bridgehead atoms. The molecule has 1 atom stereocenters. The van der Waals surface area contributed by atoms with E-state index in [2.05, 4.69) is 18.9 Å². The summed E-state index contributed by atoms with van der Waals surface area (Å²) in [4.78, 5) is 27.0. The monoisotopic (exact) mass is 337 g/mol. The molecule has 1 fully saturated rings. The zero-order valence-corrected chi connectivity index (χ0v) is 14.1. The number of aryl methyl sites for hydroxylation is 1. The Balaban J connectivity index is 1.97. The summed E-state index contributed by atoms with van der Waals surface area (Å²) < 4.78 is 6.97. The van der Waals surface area contributed by atoms with Gasteiger partial charge in [-0.1, -0.05) is 13.8 Å². The zero-order valence-electron chi connectivity index (χ0n) is 13.3. The third kappa shape index (κ3) is 2.72. The van der Waals surface area contributed by atoms with Crippen LogP contribution in [-0.4, -0.2) is 57.5 Å². The van der Waals surface area contributed by atoms with Gasteiger partial charge < -0.3 is 14.7 Å². The molecule has 23 heavy (non-hydrogen) atoms. The first-order valence-electron chi connectivity index (χ1n) is 7.48. The number of aliphatic carboxylic acids is 1. The molecule has 0 aromatic carbocycles. The largest absolute Gasteiger partial charge is 0.480 e. The van der Waals surface area contributed by atoms with Gasteiger partial charge in [0, 0.05) is 19.0 Å². The van der Waals surface area contributed by atoms with Crippen LogP contribution in [0, 0.1) is 0 Å². The van der Waals surface area contributed by atoms with Gasteiger partial charge in [0.15, 0.2) is 6.04 Å². The van der Waals surface area contributed by atoms with Gasteiger partial charge in [0.1, 0.15) is 4.83 Å². The molecule has 0 radical (unpaired) electrons. The standard InChI is InChI=1S/C15H19N3O4S/c1-8(2)12-9-6-11(23-14(9)17(3)16-12)13(19)18-4-5-22-7-10(18)15(20)21/h6,8,10H,4-5,7H2,1-3H3,(H,20,21). The van der Waals surface area contributed by atoms with Crippen molar-refractivity contribution in [2.45, 2.75) is 25.8 Å². The molecular weight excluding hydrogens is 318 g/mol. The molecule has 1 unspecified atom stereocenters. The zero-order chi connectivity index (χ0) is 16.7. The minimum absolute atomic E-state index is 0.0325. The van der Waals surface area contributed by atoms with Crippen LogP contribution in [0.2, 0.25) is 0 Å². The SMILES string of the molecule is CC(C)c1nn(C)c2sc(C(=O)N3CCOCC3C(=O)O)cc12. The summed E-state index contributed by atoms with van der Waals surface area (Å²) in [6, 6.07) is 0.906. The van der Waals surface area contributed by atoms with Gasteiger partial charge in [-0.2, -0.15) is 5.10 Å². The van der Waals surface area contributed by atoms with Crippen molar-refractivity contribution in [1.29, 1.82) is 0 Å². The molecule has 0 aliphatic carbocycles. The quantitative estimate of drug-likeness (QED) is 0.921. The third-order valence-electron chi connectivity index (χ3n) is 3.97. The normalized spacial score (nSPS) is 18.8. The molecule has 1 aliphatic heterocycles. The van der Waals surface area contributed by atoms with Crippen molar-refractivity contribution >= 4 is 33.4 Å². The number of hydrogen-bond acceptors (Lipinski definition) is 5. The fraction of sp³-hybridized carbons (Fsp3) is 0.533. The van der Waals surface area contributed by atoms with Crippen LogP contribution in [0.5, 0.6) is 0 Å². The molecule has 3 heterocycles. The summed E-state index contributed by atoms with van der Waals surface area (Å²) in [7, 11) is 1.85. The first-order chi connectivity index (χ1) is 10.9.